The Labute approximate surface area is 243 Å². The van der Waals surface area contributed by atoms with Gasteiger partial charge in [-0.05, 0) is 54.9 Å². The topological polar surface area (TPSA) is 110 Å². The van der Waals surface area contributed by atoms with E-state index in [1.807, 2.05) is 24.1 Å². The fraction of sp³-hybridized carbons (Fsp3) is 0.531. The van der Waals surface area contributed by atoms with Gasteiger partial charge in [0, 0.05) is 53.3 Å². The smallest absolute Gasteiger partial charge is 0.309 e. The van der Waals surface area contributed by atoms with Crippen molar-refractivity contribution in [1.29, 1.82) is 0 Å². The average Bonchev–Trinajstić information content (AvgIpc) is 3.24. The highest BCUT2D eigenvalue weighted by Gasteiger charge is 2.29. The summed E-state index contributed by atoms with van der Waals surface area (Å²) in [6, 6.07) is 8.03. The number of methoxy groups -OCH3 is 1. The third kappa shape index (κ3) is 6.94. The van der Waals surface area contributed by atoms with Gasteiger partial charge in [-0.1, -0.05) is 41.5 Å². The van der Waals surface area contributed by atoms with E-state index >= 15 is 0 Å². The van der Waals surface area contributed by atoms with Gasteiger partial charge in [0.1, 0.15) is 12.3 Å². The van der Waals surface area contributed by atoms with Crippen molar-refractivity contribution in [3.8, 4) is 17.1 Å². The number of likely N-dealkylation sites (tertiary alicyclic amines) is 1. The molecule has 2 aromatic heterocycles. The zero-order valence-electron chi connectivity index (χ0n) is 25.6. The first-order valence-electron chi connectivity index (χ1n) is 14.3. The van der Waals surface area contributed by atoms with Crippen LogP contribution in [-0.4, -0.2) is 61.8 Å². The first-order valence-corrected chi connectivity index (χ1v) is 14.3. The maximum Gasteiger partial charge on any atom is 0.309 e. The fourth-order valence-corrected chi connectivity index (χ4v) is 5.46. The molecule has 3 heterocycles. The number of hydrogen-bond donors (Lipinski definition) is 1. The quantitative estimate of drug-likeness (QED) is 0.418. The molecule has 9 heteroatoms. The molecule has 0 unspecified atom stereocenters. The summed E-state index contributed by atoms with van der Waals surface area (Å²) in [5, 5.41) is 13.3. The molecule has 1 aromatic carbocycles. The molecule has 4 rings (SSSR count). The van der Waals surface area contributed by atoms with E-state index in [1.54, 1.807) is 17.9 Å². The number of rotatable bonds is 7. The summed E-state index contributed by atoms with van der Waals surface area (Å²) < 4.78 is 7.52. The van der Waals surface area contributed by atoms with Crippen LogP contribution in [0.15, 0.2) is 30.5 Å². The Morgan fingerprint density at radius 2 is 1.63 bits per heavy atom. The Balaban J connectivity index is 1.51. The molecular weight excluding hydrogens is 518 g/mol. The second kappa shape index (κ2) is 11.6. The molecule has 0 spiro atoms. The van der Waals surface area contributed by atoms with E-state index in [4.69, 9.17) is 14.8 Å². The van der Waals surface area contributed by atoms with Gasteiger partial charge in [0.05, 0.1) is 19.2 Å². The number of carbonyl (C=O) groups excluding carboxylic acids is 1. The first kappa shape index (κ1) is 30.2. The molecule has 0 saturated carbocycles. The van der Waals surface area contributed by atoms with Crippen molar-refractivity contribution in [3.05, 3.63) is 58.7 Å². The van der Waals surface area contributed by atoms with Crippen molar-refractivity contribution in [2.45, 2.75) is 91.0 Å². The average molecular weight is 562 g/mol. The van der Waals surface area contributed by atoms with Crippen LogP contribution in [0.1, 0.15) is 88.5 Å². The summed E-state index contributed by atoms with van der Waals surface area (Å²) in [4.78, 5) is 35.6. The van der Waals surface area contributed by atoms with E-state index < -0.39 is 5.97 Å². The highest BCUT2D eigenvalue weighted by Crippen LogP contribution is 2.42. The van der Waals surface area contributed by atoms with Crippen LogP contribution in [0.4, 0.5) is 0 Å². The summed E-state index contributed by atoms with van der Waals surface area (Å²) in [5.41, 5.74) is 5.23. The van der Waals surface area contributed by atoms with E-state index in [2.05, 4.69) is 63.8 Å². The zero-order valence-corrected chi connectivity index (χ0v) is 25.6. The number of hydrogen-bond acceptors (Lipinski definition) is 6. The summed E-state index contributed by atoms with van der Waals surface area (Å²) in [5.74, 6) is 0.905. The number of piperidine rings is 1. The third-order valence-electron chi connectivity index (χ3n) is 7.76. The minimum Gasteiger partial charge on any atom is -0.496 e. The lowest BCUT2D eigenvalue weighted by Crippen LogP contribution is -2.40. The van der Waals surface area contributed by atoms with Crippen LogP contribution in [0.2, 0.25) is 0 Å². The monoisotopic (exact) mass is 561 g/mol. The van der Waals surface area contributed by atoms with Crippen molar-refractivity contribution in [2.75, 3.05) is 20.2 Å². The lowest BCUT2D eigenvalue weighted by molar-refractivity contribution is -0.136. The van der Waals surface area contributed by atoms with Gasteiger partial charge in [-0.15, -0.1) is 0 Å². The Hall–Kier alpha value is -3.75. The summed E-state index contributed by atoms with van der Waals surface area (Å²) in [6.45, 7) is 16.4. The number of aliphatic carboxylic acids is 1. The maximum atomic E-state index is 13.0. The Bertz CT molecular complexity index is 1390. The number of carbonyl (C=O) groups is 2. The molecule has 0 bridgehead atoms. The van der Waals surface area contributed by atoms with Gasteiger partial charge in [-0.25, -0.2) is 9.97 Å². The van der Waals surface area contributed by atoms with E-state index in [1.165, 1.54) is 0 Å². The second-order valence-corrected chi connectivity index (χ2v) is 13.1. The van der Waals surface area contributed by atoms with Crippen molar-refractivity contribution < 1.29 is 19.4 Å². The third-order valence-corrected chi connectivity index (χ3v) is 7.76. The number of aromatic nitrogens is 4. The van der Waals surface area contributed by atoms with E-state index in [-0.39, 0.29) is 35.6 Å². The van der Waals surface area contributed by atoms with Crippen LogP contribution in [0.5, 0.6) is 5.75 Å². The molecule has 220 valence electrons. The van der Waals surface area contributed by atoms with Gasteiger partial charge in [0.25, 0.3) is 0 Å². The Morgan fingerprint density at radius 1 is 1.02 bits per heavy atom. The van der Waals surface area contributed by atoms with Crippen LogP contribution in [0.3, 0.4) is 0 Å². The molecule has 0 radical (unpaired) electrons. The molecule has 1 saturated heterocycles. The van der Waals surface area contributed by atoms with Crippen molar-refractivity contribution in [2.24, 2.45) is 0 Å². The van der Waals surface area contributed by atoms with Gasteiger partial charge < -0.3 is 14.7 Å². The van der Waals surface area contributed by atoms with Crippen LogP contribution in [0, 0.1) is 6.92 Å². The highest BCUT2D eigenvalue weighted by molar-refractivity contribution is 5.76. The number of nitrogens with zero attached hydrogens (tertiary/aromatic N) is 5. The predicted octanol–water partition coefficient (Wildman–Crippen LogP) is 5.29. The SMILES string of the molecule is COc1c(C(C)(C)C)cc(-c2nccc(C3CCN(C(=O)Cn4nc(CC(=O)O)cc4C)CC3)n2)cc1C(C)(C)C. The molecule has 9 nitrogen and oxygen atoms in total. The standard InChI is InChI=1S/C32H43N5O4/c1-20-15-23(18-28(39)40)35-37(20)19-27(38)36-13-10-21(11-14-36)26-9-12-33-30(34-26)22-16-24(31(2,3)4)29(41-8)25(17-22)32(5,6)7/h9,12,15-17,21H,10-11,13-14,18-19H2,1-8H3,(H,39,40). The van der Waals surface area contributed by atoms with E-state index in [0.717, 1.165) is 46.7 Å². The van der Waals surface area contributed by atoms with Gasteiger partial charge in [-0.2, -0.15) is 5.10 Å². The molecule has 1 aliphatic rings. The second-order valence-electron chi connectivity index (χ2n) is 13.1. The number of carboxylic acids is 1. The molecule has 1 aliphatic heterocycles. The number of carboxylic acid groups (broad SMARTS) is 1. The first-order chi connectivity index (χ1) is 19.2. The molecule has 3 aromatic rings. The largest absolute Gasteiger partial charge is 0.496 e. The number of benzene rings is 1. The summed E-state index contributed by atoms with van der Waals surface area (Å²) in [6.07, 6.45) is 3.31. The highest BCUT2D eigenvalue weighted by atomic mass is 16.5. The van der Waals surface area contributed by atoms with Gasteiger partial charge in [0.15, 0.2) is 5.82 Å². The molecule has 1 amide bonds. The molecule has 0 aliphatic carbocycles. The Kier molecular flexibility index (Phi) is 8.57. The van der Waals surface area contributed by atoms with Crippen molar-refractivity contribution in [3.63, 3.8) is 0 Å². The lowest BCUT2D eigenvalue weighted by atomic mass is 9.78. The Morgan fingerprint density at radius 3 is 2.17 bits per heavy atom. The number of ether oxygens (including phenoxy) is 1. The maximum absolute atomic E-state index is 13.0. The van der Waals surface area contributed by atoms with Crippen LogP contribution < -0.4 is 4.74 Å². The molecular formula is C32H43N5O4. The predicted molar refractivity (Wildman–Crippen MR) is 158 cm³/mol. The van der Waals surface area contributed by atoms with Crippen molar-refractivity contribution in [1.82, 2.24) is 24.6 Å². The van der Waals surface area contributed by atoms with Gasteiger partial charge >= 0.3 is 5.97 Å². The molecule has 41 heavy (non-hydrogen) atoms. The zero-order chi connectivity index (χ0) is 30.1. The fourth-order valence-electron chi connectivity index (χ4n) is 5.46. The number of amides is 1. The minimum atomic E-state index is -0.938. The van der Waals surface area contributed by atoms with Gasteiger partial charge in [-0.3, -0.25) is 14.3 Å². The van der Waals surface area contributed by atoms with E-state index in [0.29, 0.717) is 24.6 Å². The van der Waals surface area contributed by atoms with Crippen LogP contribution >= 0.6 is 0 Å². The number of aryl methyl sites for hydroxylation is 1. The normalized spacial score (nSPS) is 14.8. The molecule has 1 N–H and O–H groups in total. The molecule has 0 atom stereocenters. The van der Waals surface area contributed by atoms with Gasteiger partial charge in [0.2, 0.25) is 5.91 Å². The van der Waals surface area contributed by atoms with Crippen molar-refractivity contribution >= 4 is 11.9 Å². The summed E-state index contributed by atoms with van der Waals surface area (Å²) >= 11 is 0. The molecule has 1 fully saturated rings. The lowest BCUT2D eigenvalue weighted by Gasteiger charge is -2.32. The van der Waals surface area contributed by atoms with E-state index in [9.17, 15) is 9.59 Å². The summed E-state index contributed by atoms with van der Waals surface area (Å²) in [7, 11) is 1.74. The minimum absolute atomic E-state index is 0.0115. The van der Waals surface area contributed by atoms with Crippen LogP contribution in [-0.2, 0) is 33.4 Å². The van der Waals surface area contributed by atoms with Crippen LogP contribution in [0.25, 0.3) is 11.4 Å².